The fourth-order valence-electron chi connectivity index (χ4n) is 4.05. The monoisotopic (exact) mass is 425 g/mol. The Morgan fingerprint density at radius 3 is 2.34 bits per heavy atom. The third-order valence-corrected chi connectivity index (χ3v) is 5.69. The Labute approximate surface area is 185 Å². The maximum absolute atomic E-state index is 13.2. The highest BCUT2D eigenvalue weighted by Gasteiger charge is 2.18. The van der Waals surface area contributed by atoms with Crippen molar-refractivity contribution in [2.45, 2.75) is 19.4 Å². The fourth-order valence-corrected chi connectivity index (χ4v) is 4.05. The summed E-state index contributed by atoms with van der Waals surface area (Å²) in [4.78, 5) is 32.9. The summed E-state index contributed by atoms with van der Waals surface area (Å²) in [7, 11) is 0. The summed E-state index contributed by atoms with van der Waals surface area (Å²) in [6.45, 7) is 2.31. The zero-order valence-corrected chi connectivity index (χ0v) is 17.6. The number of fused-ring (bicyclic) bond motifs is 1. The SMILES string of the molecule is O=C(Nc1ccc(N2CCCC2)nc1)c1nn(Cc2ccccc2)c(=O)c2ccccc12. The van der Waals surface area contributed by atoms with Crippen LogP contribution in [0.4, 0.5) is 11.5 Å². The molecule has 2 aromatic heterocycles. The molecule has 0 bridgehead atoms. The van der Waals surface area contributed by atoms with Crippen molar-refractivity contribution in [2.75, 3.05) is 23.3 Å². The van der Waals surface area contributed by atoms with E-state index >= 15 is 0 Å². The van der Waals surface area contributed by atoms with Gasteiger partial charge in [-0.2, -0.15) is 5.10 Å². The molecule has 7 nitrogen and oxygen atoms in total. The molecule has 7 heteroatoms. The van der Waals surface area contributed by atoms with Crippen molar-refractivity contribution >= 4 is 28.2 Å². The van der Waals surface area contributed by atoms with E-state index in [1.54, 1.807) is 30.5 Å². The van der Waals surface area contributed by atoms with E-state index in [1.807, 2.05) is 42.5 Å². The second-order valence-corrected chi connectivity index (χ2v) is 7.90. The number of aromatic nitrogens is 3. The average Bonchev–Trinajstić information content (AvgIpc) is 3.37. The number of amides is 1. The quantitative estimate of drug-likeness (QED) is 0.528. The van der Waals surface area contributed by atoms with Gasteiger partial charge in [0.05, 0.1) is 23.8 Å². The third-order valence-electron chi connectivity index (χ3n) is 5.69. The minimum Gasteiger partial charge on any atom is -0.357 e. The summed E-state index contributed by atoms with van der Waals surface area (Å²) in [6, 6.07) is 20.4. The van der Waals surface area contributed by atoms with Gasteiger partial charge in [0.25, 0.3) is 11.5 Å². The molecule has 4 aromatic rings. The molecule has 1 N–H and O–H groups in total. The highest BCUT2D eigenvalue weighted by Crippen LogP contribution is 2.20. The van der Waals surface area contributed by atoms with Crippen molar-refractivity contribution in [1.29, 1.82) is 0 Å². The van der Waals surface area contributed by atoms with Gasteiger partial charge >= 0.3 is 0 Å². The number of carbonyl (C=O) groups excluding carboxylic acids is 1. The van der Waals surface area contributed by atoms with Gasteiger partial charge in [0.2, 0.25) is 0 Å². The molecule has 0 unspecified atom stereocenters. The van der Waals surface area contributed by atoms with E-state index in [0.717, 1.165) is 24.5 Å². The van der Waals surface area contributed by atoms with E-state index in [1.165, 1.54) is 17.5 Å². The summed E-state index contributed by atoms with van der Waals surface area (Å²) in [5, 5.41) is 8.31. The number of anilines is 2. The molecule has 0 aliphatic carbocycles. The highest BCUT2D eigenvalue weighted by molar-refractivity contribution is 6.11. The van der Waals surface area contributed by atoms with Crippen LogP contribution in [-0.2, 0) is 6.54 Å². The normalized spacial score (nSPS) is 13.4. The van der Waals surface area contributed by atoms with Crippen LogP contribution in [0, 0.1) is 0 Å². The second-order valence-electron chi connectivity index (χ2n) is 7.90. The molecule has 1 aliphatic rings. The predicted octanol–water partition coefficient (Wildman–Crippen LogP) is 3.69. The molecule has 5 rings (SSSR count). The smallest absolute Gasteiger partial charge is 0.276 e. The number of hydrogen-bond acceptors (Lipinski definition) is 5. The van der Waals surface area contributed by atoms with Crippen molar-refractivity contribution in [2.24, 2.45) is 0 Å². The molecular weight excluding hydrogens is 402 g/mol. The maximum atomic E-state index is 13.2. The highest BCUT2D eigenvalue weighted by atomic mass is 16.2. The van der Waals surface area contributed by atoms with Gasteiger partial charge in [-0.05, 0) is 36.6 Å². The zero-order valence-electron chi connectivity index (χ0n) is 17.6. The number of benzene rings is 2. The largest absolute Gasteiger partial charge is 0.357 e. The second kappa shape index (κ2) is 8.63. The Morgan fingerprint density at radius 2 is 1.62 bits per heavy atom. The van der Waals surface area contributed by atoms with Gasteiger partial charge in [-0.1, -0.05) is 48.5 Å². The van der Waals surface area contributed by atoms with Gasteiger partial charge in [-0.3, -0.25) is 9.59 Å². The van der Waals surface area contributed by atoms with Crippen LogP contribution in [-0.4, -0.2) is 33.8 Å². The van der Waals surface area contributed by atoms with Gasteiger partial charge in [0.1, 0.15) is 5.82 Å². The number of nitrogens with one attached hydrogen (secondary N) is 1. The van der Waals surface area contributed by atoms with E-state index in [9.17, 15) is 9.59 Å². The summed E-state index contributed by atoms with van der Waals surface area (Å²) in [5.74, 6) is 0.541. The van der Waals surface area contributed by atoms with Gasteiger partial charge in [0.15, 0.2) is 5.69 Å². The first kappa shape index (κ1) is 19.9. The van der Waals surface area contributed by atoms with E-state index in [2.05, 4.69) is 20.3 Å². The number of rotatable bonds is 5. The molecule has 160 valence electrons. The number of pyridine rings is 1. The molecular formula is C25H23N5O2. The van der Waals surface area contributed by atoms with Crippen LogP contribution in [0.3, 0.4) is 0 Å². The minimum absolute atomic E-state index is 0.208. The molecule has 32 heavy (non-hydrogen) atoms. The first-order valence-corrected chi connectivity index (χ1v) is 10.8. The van der Waals surface area contributed by atoms with Crippen LogP contribution in [0.1, 0.15) is 28.9 Å². The molecule has 0 radical (unpaired) electrons. The van der Waals surface area contributed by atoms with E-state index in [0.29, 0.717) is 16.5 Å². The molecule has 2 aromatic carbocycles. The first-order valence-electron chi connectivity index (χ1n) is 10.8. The molecule has 1 saturated heterocycles. The number of hydrogen-bond donors (Lipinski definition) is 1. The lowest BCUT2D eigenvalue weighted by molar-refractivity contribution is 0.102. The lowest BCUT2D eigenvalue weighted by Crippen LogP contribution is -2.28. The van der Waals surface area contributed by atoms with Gasteiger partial charge < -0.3 is 10.2 Å². The van der Waals surface area contributed by atoms with Crippen molar-refractivity contribution in [3.05, 3.63) is 94.5 Å². The van der Waals surface area contributed by atoms with Crippen LogP contribution >= 0.6 is 0 Å². The molecule has 1 amide bonds. The Hall–Kier alpha value is -4.00. The van der Waals surface area contributed by atoms with E-state index in [-0.39, 0.29) is 23.7 Å². The predicted molar refractivity (Wildman–Crippen MR) is 125 cm³/mol. The van der Waals surface area contributed by atoms with Crippen molar-refractivity contribution in [3.63, 3.8) is 0 Å². The van der Waals surface area contributed by atoms with Crippen molar-refractivity contribution < 1.29 is 4.79 Å². The molecule has 0 atom stereocenters. The lowest BCUT2D eigenvalue weighted by atomic mass is 10.1. The van der Waals surface area contributed by atoms with E-state index < -0.39 is 0 Å². The number of carbonyl (C=O) groups is 1. The van der Waals surface area contributed by atoms with Crippen LogP contribution in [0.2, 0.25) is 0 Å². The van der Waals surface area contributed by atoms with E-state index in [4.69, 9.17) is 0 Å². The zero-order chi connectivity index (χ0) is 21.9. The minimum atomic E-state index is -0.376. The molecule has 1 aliphatic heterocycles. The maximum Gasteiger partial charge on any atom is 0.276 e. The lowest BCUT2D eigenvalue weighted by Gasteiger charge is -2.16. The van der Waals surface area contributed by atoms with Crippen molar-refractivity contribution in [3.8, 4) is 0 Å². The Bertz CT molecular complexity index is 1310. The standard InChI is InChI=1S/C25H23N5O2/c31-24(27-19-12-13-22(26-16-19)29-14-6-7-15-29)23-20-10-4-5-11-21(20)25(32)30(28-23)17-18-8-2-1-3-9-18/h1-5,8-13,16H,6-7,14-15,17H2,(H,27,31). The summed E-state index contributed by atoms with van der Waals surface area (Å²) < 4.78 is 1.35. The Morgan fingerprint density at radius 1 is 0.906 bits per heavy atom. The molecule has 0 spiro atoms. The summed E-state index contributed by atoms with van der Waals surface area (Å²) in [6.07, 6.45) is 4.02. The molecule has 0 saturated carbocycles. The average molecular weight is 425 g/mol. The van der Waals surface area contributed by atoms with Gasteiger partial charge in [-0.25, -0.2) is 9.67 Å². The fraction of sp³-hybridized carbons (Fsp3) is 0.200. The van der Waals surface area contributed by atoms with Crippen LogP contribution in [0.25, 0.3) is 10.8 Å². The Balaban J connectivity index is 1.46. The van der Waals surface area contributed by atoms with Gasteiger partial charge in [0, 0.05) is 18.5 Å². The van der Waals surface area contributed by atoms with Crippen LogP contribution in [0.5, 0.6) is 0 Å². The van der Waals surface area contributed by atoms with Crippen LogP contribution < -0.4 is 15.8 Å². The van der Waals surface area contributed by atoms with Crippen LogP contribution in [0.15, 0.2) is 77.7 Å². The van der Waals surface area contributed by atoms with Gasteiger partial charge in [-0.15, -0.1) is 0 Å². The topological polar surface area (TPSA) is 80.1 Å². The van der Waals surface area contributed by atoms with Crippen molar-refractivity contribution in [1.82, 2.24) is 14.8 Å². The number of nitrogens with zero attached hydrogens (tertiary/aromatic N) is 4. The first-order chi connectivity index (χ1) is 15.7. The third kappa shape index (κ3) is 3.97. The molecule has 3 heterocycles. The molecule has 1 fully saturated rings. The summed E-state index contributed by atoms with van der Waals surface area (Å²) in [5.41, 5.74) is 1.51. The Kier molecular flexibility index (Phi) is 5.37. The summed E-state index contributed by atoms with van der Waals surface area (Å²) >= 11 is 0.